The molecule has 9 nitrogen and oxygen atoms in total. The number of imide groups is 1. The highest BCUT2D eigenvalue weighted by atomic mass is 16.6. The molecule has 1 heterocycles. The van der Waals surface area contributed by atoms with Gasteiger partial charge in [-0.25, -0.2) is 5.01 Å². The van der Waals surface area contributed by atoms with Crippen LogP contribution in [0.15, 0.2) is 48.5 Å². The van der Waals surface area contributed by atoms with Crippen LogP contribution in [0.2, 0.25) is 0 Å². The molecule has 170 valence electrons. The van der Waals surface area contributed by atoms with E-state index in [9.17, 15) is 29.3 Å². The highest BCUT2D eigenvalue weighted by Crippen LogP contribution is 2.39. The van der Waals surface area contributed by atoms with Gasteiger partial charge < -0.3 is 0 Å². The van der Waals surface area contributed by atoms with Crippen molar-refractivity contribution in [3.8, 4) is 0 Å². The third-order valence-electron chi connectivity index (χ3n) is 6.29. The Morgan fingerprint density at radius 1 is 1.00 bits per heavy atom. The van der Waals surface area contributed by atoms with Gasteiger partial charge in [-0.05, 0) is 25.8 Å². The lowest BCUT2D eigenvalue weighted by Crippen LogP contribution is -2.52. The van der Waals surface area contributed by atoms with Gasteiger partial charge in [-0.2, -0.15) is 5.01 Å². The zero-order valence-corrected chi connectivity index (χ0v) is 18.1. The SMILES string of the molecule is Cc1ccc(C(=O)CN(C(=O)c2ccccc2[N+](=O)[O-])N2C(=O)[C@H]3CCCC[C@H]3C2=O)cc1. The minimum absolute atomic E-state index is 0.297. The van der Waals surface area contributed by atoms with Gasteiger partial charge in [0.25, 0.3) is 23.4 Å². The predicted octanol–water partition coefficient (Wildman–Crippen LogP) is 3.32. The van der Waals surface area contributed by atoms with Crippen LogP contribution in [0.3, 0.4) is 0 Å². The number of rotatable bonds is 6. The molecule has 1 saturated carbocycles. The fourth-order valence-electron chi connectivity index (χ4n) is 4.54. The normalized spacial score (nSPS) is 19.8. The standard InChI is InChI=1S/C24H23N3O6/c1-15-10-12-16(13-11-15)21(28)14-25(22(29)19-8-4-5-9-20(19)27(32)33)26-23(30)17-6-2-3-7-18(17)24(26)31/h4-5,8-13,17-18H,2-3,6-7,14H2,1H3/t17-,18+. The molecule has 0 spiro atoms. The van der Waals surface area contributed by atoms with E-state index in [1.165, 1.54) is 24.3 Å². The average Bonchev–Trinajstić information content (AvgIpc) is 3.07. The number of nitro benzene ring substituents is 1. The summed E-state index contributed by atoms with van der Waals surface area (Å²) in [6.45, 7) is 1.27. The summed E-state index contributed by atoms with van der Waals surface area (Å²) in [5, 5.41) is 13.0. The first-order valence-corrected chi connectivity index (χ1v) is 10.8. The highest BCUT2D eigenvalue weighted by molar-refractivity contribution is 6.10. The number of para-hydroxylation sites is 1. The molecule has 2 atom stereocenters. The van der Waals surface area contributed by atoms with E-state index in [0.717, 1.165) is 28.4 Å². The molecule has 33 heavy (non-hydrogen) atoms. The molecule has 0 radical (unpaired) electrons. The molecule has 2 fully saturated rings. The summed E-state index contributed by atoms with van der Waals surface area (Å²) in [4.78, 5) is 63.7. The van der Waals surface area contributed by atoms with Gasteiger partial charge in [-0.3, -0.25) is 29.3 Å². The maximum atomic E-state index is 13.5. The van der Waals surface area contributed by atoms with Crippen molar-refractivity contribution < 1.29 is 24.1 Å². The van der Waals surface area contributed by atoms with Crippen molar-refractivity contribution in [2.45, 2.75) is 32.6 Å². The topological polar surface area (TPSA) is 118 Å². The molecule has 9 heteroatoms. The number of nitro groups is 1. The number of hydrogen-bond acceptors (Lipinski definition) is 6. The van der Waals surface area contributed by atoms with Crippen molar-refractivity contribution in [3.63, 3.8) is 0 Å². The van der Waals surface area contributed by atoms with Crippen molar-refractivity contribution in [2.75, 3.05) is 6.54 Å². The molecular formula is C24H23N3O6. The third kappa shape index (κ3) is 4.13. The molecule has 2 aliphatic rings. The molecule has 4 rings (SSSR count). The quantitative estimate of drug-likeness (QED) is 0.289. The van der Waals surface area contributed by atoms with Crippen molar-refractivity contribution >= 4 is 29.2 Å². The fourth-order valence-corrected chi connectivity index (χ4v) is 4.54. The number of fused-ring (bicyclic) bond motifs is 1. The van der Waals surface area contributed by atoms with Gasteiger partial charge in [0, 0.05) is 11.6 Å². The van der Waals surface area contributed by atoms with E-state index in [1.807, 2.05) is 6.92 Å². The summed E-state index contributed by atoms with van der Waals surface area (Å²) >= 11 is 0. The monoisotopic (exact) mass is 449 g/mol. The molecule has 3 amide bonds. The highest BCUT2D eigenvalue weighted by Gasteiger charge is 2.52. The molecule has 2 aromatic rings. The van der Waals surface area contributed by atoms with Gasteiger partial charge in [0.15, 0.2) is 5.78 Å². The Labute approximate surface area is 190 Å². The van der Waals surface area contributed by atoms with Gasteiger partial charge in [0.2, 0.25) is 0 Å². The maximum absolute atomic E-state index is 13.5. The summed E-state index contributed by atoms with van der Waals surface area (Å²) in [5.41, 5.74) is 0.479. The zero-order valence-electron chi connectivity index (χ0n) is 18.1. The molecule has 0 aromatic heterocycles. The zero-order chi connectivity index (χ0) is 23.7. The van der Waals surface area contributed by atoms with Crippen molar-refractivity contribution in [1.29, 1.82) is 0 Å². The van der Waals surface area contributed by atoms with Crippen molar-refractivity contribution in [3.05, 3.63) is 75.3 Å². The Morgan fingerprint density at radius 2 is 1.58 bits per heavy atom. The number of amides is 3. The Bertz CT molecular complexity index is 1120. The van der Waals surface area contributed by atoms with Gasteiger partial charge in [-0.15, -0.1) is 0 Å². The summed E-state index contributed by atoms with van der Waals surface area (Å²) in [5.74, 6) is -3.58. The molecule has 2 aromatic carbocycles. The van der Waals surface area contributed by atoms with Crippen molar-refractivity contribution in [1.82, 2.24) is 10.0 Å². The van der Waals surface area contributed by atoms with Crippen LogP contribution in [0.4, 0.5) is 5.69 Å². The average molecular weight is 449 g/mol. The number of aryl methyl sites for hydroxylation is 1. The number of hydrazine groups is 1. The van der Waals surface area contributed by atoms with Crippen LogP contribution in [-0.4, -0.2) is 45.0 Å². The van der Waals surface area contributed by atoms with Crippen LogP contribution >= 0.6 is 0 Å². The van der Waals surface area contributed by atoms with Crippen molar-refractivity contribution in [2.24, 2.45) is 11.8 Å². The van der Waals surface area contributed by atoms with Crippen LogP contribution in [0, 0.1) is 28.9 Å². The van der Waals surface area contributed by atoms with Crippen LogP contribution < -0.4 is 0 Å². The lowest BCUT2D eigenvalue weighted by atomic mass is 9.81. The minimum Gasteiger partial charge on any atom is -0.292 e. The van der Waals surface area contributed by atoms with E-state index < -0.39 is 52.5 Å². The molecule has 0 N–H and O–H groups in total. The number of nitrogens with zero attached hydrogens (tertiary/aromatic N) is 3. The van der Waals surface area contributed by atoms with Gasteiger partial charge in [0.1, 0.15) is 12.1 Å². The minimum atomic E-state index is -0.942. The predicted molar refractivity (Wildman–Crippen MR) is 117 cm³/mol. The Kier molecular flexibility index (Phi) is 6.04. The molecule has 1 aliphatic carbocycles. The number of carbonyl (C=O) groups excluding carboxylic acids is 4. The molecule has 0 bridgehead atoms. The van der Waals surface area contributed by atoms with E-state index in [-0.39, 0.29) is 5.56 Å². The van der Waals surface area contributed by atoms with Gasteiger partial charge in [-0.1, -0.05) is 54.8 Å². The van der Waals surface area contributed by atoms with E-state index >= 15 is 0 Å². The second-order valence-electron chi connectivity index (χ2n) is 8.41. The summed E-state index contributed by atoms with van der Waals surface area (Å²) in [6.07, 6.45) is 2.67. The first-order valence-electron chi connectivity index (χ1n) is 10.8. The van der Waals surface area contributed by atoms with E-state index in [1.54, 1.807) is 24.3 Å². The molecular weight excluding hydrogens is 426 g/mol. The number of benzene rings is 2. The number of hydrogen-bond donors (Lipinski definition) is 0. The van der Waals surface area contributed by atoms with E-state index in [0.29, 0.717) is 18.4 Å². The van der Waals surface area contributed by atoms with Gasteiger partial charge >= 0.3 is 0 Å². The summed E-state index contributed by atoms with van der Waals surface area (Å²) in [7, 11) is 0. The summed E-state index contributed by atoms with van der Waals surface area (Å²) in [6, 6.07) is 12.0. The second kappa shape index (κ2) is 8.93. The smallest absolute Gasteiger partial charge is 0.282 e. The third-order valence-corrected chi connectivity index (χ3v) is 6.29. The van der Waals surface area contributed by atoms with E-state index in [4.69, 9.17) is 0 Å². The van der Waals surface area contributed by atoms with Crippen LogP contribution in [-0.2, 0) is 9.59 Å². The lowest BCUT2D eigenvalue weighted by molar-refractivity contribution is -0.385. The first-order chi connectivity index (χ1) is 15.8. The number of Topliss-reactive ketones (excluding diaryl/α,β-unsaturated/α-hetero) is 1. The van der Waals surface area contributed by atoms with Crippen LogP contribution in [0.1, 0.15) is 52.0 Å². The molecule has 1 aliphatic heterocycles. The van der Waals surface area contributed by atoms with Gasteiger partial charge in [0.05, 0.1) is 16.8 Å². The number of ketones is 1. The summed E-state index contributed by atoms with van der Waals surface area (Å²) < 4.78 is 0. The molecule has 0 unspecified atom stereocenters. The first kappa shape index (κ1) is 22.3. The second-order valence-corrected chi connectivity index (χ2v) is 8.41. The Hall–Kier alpha value is -3.88. The fraction of sp³-hybridized carbons (Fsp3) is 0.333. The molecule has 1 saturated heterocycles. The number of carbonyl (C=O) groups is 4. The van der Waals surface area contributed by atoms with E-state index in [2.05, 4.69) is 0 Å². The maximum Gasteiger partial charge on any atom is 0.282 e. The lowest BCUT2D eigenvalue weighted by Gasteiger charge is -2.30. The Balaban J connectivity index is 1.74. The van der Waals surface area contributed by atoms with Crippen LogP contribution in [0.5, 0.6) is 0 Å². The largest absolute Gasteiger partial charge is 0.292 e. The Morgan fingerprint density at radius 3 is 2.15 bits per heavy atom. The van der Waals surface area contributed by atoms with Crippen LogP contribution in [0.25, 0.3) is 0 Å².